The van der Waals surface area contributed by atoms with Crippen molar-refractivity contribution < 1.29 is 4.74 Å². The molecule has 0 amide bonds. The third kappa shape index (κ3) is 2.03. The van der Waals surface area contributed by atoms with Crippen LogP contribution in [0, 0.1) is 16.7 Å². The quantitative estimate of drug-likeness (QED) is 0.564. The van der Waals surface area contributed by atoms with Gasteiger partial charge in [-0.3, -0.25) is 5.41 Å². The van der Waals surface area contributed by atoms with Crippen molar-refractivity contribution in [3.8, 4) is 0 Å². The van der Waals surface area contributed by atoms with Gasteiger partial charge in [-0.25, -0.2) is 0 Å². The molecule has 1 atom stereocenters. The van der Waals surface area contributed by atoms with Crippen LogP contribution in [0.5, 0.6) is 0 Å². The van der Waals surface area contributed by atoms with Crippen molar-refractivity contribution >= 4 is 5.96 Å². The Bertz CT molecular complexity index is 261. The lowest BCUT2D eigenvalue weighted by atomic mass is 9.77. The number of rotatable bonds is 3. The van der Waals surface area contributed by atoms with E-state index in [1.165, 1.54) is 25.7 Å². The van der Waals surface area contributed by atoms with Gasteiger partial charge in [0.15, 0.2) is 5.96 Å². The Morgan fingerprint density at radius 2 is 2.19 bits per heavy atom. The van der Waals surface area contributed by atoms with E-state index in [0.29, 0.717) is 11.3 Å². The molecule has 1 spiro atoms. The van der Waals surface area contributed by atoms with E-state index in [1.54, 1.807) is 0 Å². The summed E-state index contributed by atoms with van der Waals surface area (Å²) in [7, 11) is 0. The fourth-order valence-electron chi connectivity index (χ4n) is 3.35. The molecule has 3 N–H and O–H groups in total. The van der Waals surface area contributed by atoms with E-state index in [-0.39, 0.29) is 5.96 Å². The van der Waals surface area contributed by atoms with Crippen LogP contribution in [0.1, 0.15) is 32.6 Å². The first-order chi connectivity index (χ1) is 7.68. The Labute approximate surface area is 97.6 Å². The highest BCUT2D eigenvalue weighted by molar-refractivity contribution is 5.75. The van der Waals surface area contributed by atoms with Gasteiger partial charge >= 0.3 is 0 Å². The fraction of sp³-hybridized carbons (Fsp3) is 0.917. The second kappa shape index (κ2) is 4.62. The van der Waals surface area contributed by atoms with Crippen molar-refractivity contribution in [1.82, 2.24) is 4.90 Å². The smallest absolute Gasteiger partial charge is 0.188 e. The van der Waals surface area contributed by atoms with Crippen LogP contribution in [0.2, 0.25) is 0 Å². The van der Waals surface area contributed by atoms with Crippen LogP contribution < -0.4 is 5.73 Å². The predicted octanol–water partition coefficient (Wildman–Crippen LogP) is 1.41. The van der Waals surface area contributed by atoms with Gasteiger partial charge in [0.2, 0.25) is 0 Å². The van der Waals surface area contributed by atoms with Gasteiger partial charge in [-0.05, 0) is 25.2 Å². The second-order valence-electron chi connectivity index (χ2n) is 5.19. The molecule has 1 saturated carbocycles. The molecule has 1 aliphatic carbocycles. The average molecular weight is 225 g/mol. The van der Waals surface area contributed by atoms with Crippen molar-refractivity contribution in [1.29, 1.82) is 5.41 Å². The van der Waals surface area contributed by atoms with Crippen LogP contribution in [-0.4, -0.2) is 37.2 Å². The SMILES string of the molecule is CCOCC1CN(C(=N)N)CC12CCCC2. The van der Waals surface area contributed by atoms with Crippen LogP contribution in [-0.2, 0) is 4.74 Å². The second-order valence-corrected chi connectivity index (χ2v) is 5.19. The number of nitrogens with two attached hydrogens (primary N) is 1. The van der Waals surface area contributed by atoms with Crippen LogP contribution in [0.3, 0.4) is 0 Å². The van der Waals surface area contributed by atoms with E-state index in [0.717, 1.165) is 26.3 Å². The fourth-order valence-corrected chi connectivity index (χ4v) is 3.35. The molecule has 0 aromatic carbocycles. The van der Waals surface area contributed by atoms with Crippen molar-refractivity contribution in [2.45, 2.75) is 32.6 Å². The Morgan fingerprint density at radius 1 is 1.50 bits per heavy atom. The van der Waals surface area contributed by atoms with Crippen molar-refractivity contribution in [3.63, 3.8) is 0 Å². The van der Waals surface area contributed by atoms with Gasteiger partial charge in [0.25, 0.3) is 0 Å². The van der Waals surface area contributed by atoms with Gasteiger partial charge in [-0.2, -0.15) is 0 Å². The maximum Gasteiger partial charge on any atom is 0.188 e. The zero-order valence-corrected chi connectivity index (χ0v) is 10.2. The van der Waals surface area contributed by atoms with Gasteiger partial charge in [-0.15, -0.1) is 0 Å². The lowest BCUT2D eigenvalue weighted by Crippen LogP contribution is -2.35. The molecular formula is C12H23N3O. The van der Waals surface area contributed by atoms with Crippen LogP contribution >= 0.6 is 0 Å². The molecule has 0 bridgehead atoms. The lowest BCUT2D eigenvalue weighted by Gasteiger charge is -2.29. The van der Waals surface area contributed by atoms with E-state index in [2.05, 4.69) is 0 Å². The summed E-state index contributed by atoms with van der Waals surface area (Å²) < 4.78 is 5.59. The molecule has 2 fully saturated rings. The standard InChI is InChI=1S/C12H23N3O/c1-2-16-8-10-7-15(11(13)14)9-12(10)5-3-4-6-12/h10H,2-9H2,1H3,(H3,13,14). The number of guanidine groups is 1. The molecule has 16 heavy (non-hydrogen) atoms. The molecular weight excluding hydrogens is 202 g/mol. The first kappa shape index (κ1) is 11.7. The molecule has 1 aliphatic heterocycles. The summed E-state index contributed by atoms with van der Waals surface area (Å²) >= 11 is 0. The number of hydrogen-bond acceptors (Lipinski definition) is 2. The summed E-state index contributed by atoms with van der Waals surface area (Å²) in [5, 5.41) is 7.57. The van der Waals surface area contributed by atoms with Gasteiger partial charge in [-0.1, -0.05) is 12.8 Å². The summed E-state index contributed by atoms with van der Waals surface area (Å²) in [5.41, 5.74) is 6.00. The molecule has 2 aliphatic rings. The molecule has 0 aromatic rings. The van der Waals surface area contributed by atoms with E-state index < -0.39 is 0 Å². The number of likely N-dealkylation sites (tertiary alicyclic amines) is 1. The molecule has 0 aromatic heterocycles. The number of ether oxygens (including phenoxy) is 1. The van der Waals surface area contributed by atoms with E-state index in [1.807, 2.05) is 11.8 Å². The molecule has 1 unspecified atom stereocenters. The minimum atomic E-state index is 0.227. The van der Waals surface area contributed by atoms with Gasteiger partial charge in [0.05, 0.1) is 6.61 Å². The van der Waals surface area contributed by atoms with E-state index in [4.69, 9.17) is 15.9 Å². The summed E-state index contributed by atoms with van der Waals surface area (Å²) in [5.74, 6) is 0.795. The molecule has 92 valence electrons. The first-order valence-corrected chi connectivity index (χ1v) is 6.35. The van der Waals surface area contributed by atoms with E-state index >= 15 is 0 Å². The Kier molecular flexibility index (Phi) is 3.38. The van der Waals surface area contributed by atoms with Crippen LogP contribution in [0.25, 0.3) is 0 Å². The summed E-state index contributed by atoms with van der Waals surface area (Å²) in [6, 6.07) is 0. The minimum Gasteiger partial charge on any atom is -0.381 e. The summed E-state index contributed by atoms with van der Waals surface area (Å²) in [6.07, 6.45) is 5.23. The first-order valence-electron chi connectivity index (χ1n) is 6.35. The van der Waals surface area contributed by atoms with Crippen molar-refractivity contribution in [2.24, 2.45) is 17.1 Å². The number of hydrogen-bond donors (Lipinski definition) is 2. The zero-order valence-electron chi connectivity index (χ0n) is 10.2. The highest BCUT2D eigenvalue weighted by atomic mass is 16.5. The van der Waals surface area contributed by atoms with Gasteiger partial charge in [0, 0.05) is 25.6 Å². The normalized spacial score (nSPS) is 27.8. The Hall–Kier alpha value is -0.770. The molecule has 4 nitrogen and oxygen atoms in total. The highest BCUT2D eigenvalue weighted by Crippen LogP contribution is 2.48. The Morgan fingerprint density at radius 3 is 2.75 bits per heavy atom. The average Bonchev–Trinajstić information content (AvgIpc) is 2.85. The summed E-state index contributed by atoms with van der Waals surface area (Å²) in [6.45, 7) is 5.54. The van der Waals surface area contributed by atoms with Gasteiger partial charge in [0.1, 0.15) is 0 Å². The monoisotopic (exact) mass is 225 g/mol. The Balaban J connectivity index is 2.04. The zero-order chi connectivity index (χ0) is 11.6. The maximum atomic E-state index is 7.57. The largest absolute Gasteiger partial charge is 0.381 e. The van der Waals surface area contributed by atoms with Crippen LogP contribution in [0.4, 0.5) is 0 Å². The molecule has 0 radical (unpaired) electrons. The molecule has 1 heterocycles. The lowest BCUT2D eigenvalue weighted by molar-refractivity contribution is 0.0688. The molecule has 1 saturated heterocycles. The molecule has 4 heteroatoms. The summed E-state index contributed by atoms with van der Waals surface area (Å²) in [4.78, 5) is 2.02. The third-order valence-corrected chi connectivity index (χ3v) is 4.28. The minimum absolute atomic E-state index is 0.227. The van der Waals surface area contributed by atoms with Crippen LogP contribution in [0.15, 0.2) is 0 Å². The number of nitrogens with one attached hydrogen (secondary N) is 1. The molecule has 2 rings (SSSR count). The topological polar surface area (TPSA) is 62.3 Å². The highest BCUT2D eigenvalue weighted by Gasteiger charge is 2.48. The van der Waals surface area contributed by atoms with Crippen molar-refractivity contribution in [2.75, 3.05) is 26.3 Å². The van der Waals surface area contributed by atoms with Gasteiger partial charge < -0.3 is 15.4 Å². The van der Waals surface area contributed by atoms with Crippen molar-refractivity contribution in [3.05, 3.63) is 0 Å². The predicted molar refractivity (Wildman–Crippen MR) is 64.4 cm³/mol. The van der Waals surface area contributed by atoms with E-state index in [9.17, 15) is 0 Å². The maximum absolute atomic E-state index is 7.57. The third-order valence-electron chi connectivity index (χ3n) is 4.28. The number of nitrogens with zero attached hydrogens (tertiary/aromatic N) is 1.